The second-order valence-electron chi connectivity index (χ2n) is 6.76. The lowest BCUT2D eigenvalue weighted by molar-refractivity contribution is -0.114. The van der Waals surface area contributed by atoms with Crippen LogP contribution in [0.15, 0.2) is 77.7 Å². The van der Waals surface area contributed by atoms with Crippen LogP contribution in [0.4, 0.5) is 11.4 Å². The molecule has 3 aromatic carbocycles. The molecule has 0 aliphatic carbocycles. The minimum atomic E-state index is -4.08. The number of nitrogens with one attached hydrogen (secondary N) is 1. The van der Waals surface area contributed by atoms with Crippen molar-refractivity contribution in [2.75, 3.05) is 22.8 Å². The van der Waals surface area contributed by atoms with Crippen LogP contribution in [0.5, 0.6) is 0 Å². The Bertz CT molecular complexity index is 1250. The molecule has 3 aromatic rings. The van der Waals surface area contributed by atoms with Crippen molar-refractivity contribution in [1.82, 2.24) is 0 Å². The summed E-state index contributed by atoms with van der Waals surface area (Å²) in [5, 5.41) is 3.16. The third kappa shape index (κ3) is 6.04. The molecule has 0 atom stereocenters. The minimum absolute atomic E-state index is 0.0142. The topological polar surface area (TPSA) is 92.8 Å². The first-order valence-corrected chi connectivity index (χ1v) is 12.0. The third-order valence-electron chi connectivity index (χ3n) is 4.48. The first-order chi connectivity index (χ1) is 15.7. The fraction of sp³-hybridized carbons (Fsp3) is 0.130. The van der Waals surface area contributed by atoms with Gasteiger partial charge in [-0.25, -0.2) is 13.2 Å². The van der Waals surface area contributed by atoms with Crippen LogP contribution in [0.25, 0.3) is 0 Å². The van der Waals surface area contributed by atoms with Crippen LogP contribution in [0.2, 0.25) is 10.0 Å². The quantitative estimate of drug-likeness (QED) is 0.433. The van der Waals surface area contributed by atoms with E-state index in [1.165, 1.54) is 42.5 Å². The molecule has 0 bridgehead atoms. The largest absolute Gasteiger partial charge is 0.462 e. The Hall–Kier alpha value is -3.07. The average Bonchev–Trinajstić information content (AvgIpc) is 2.79. The van der Waals surface area contributed by atoms with Gasteiger partial charge < -0.3 is 10.1 Å². The molecule has 0 radical (unpaired) electrons. The van der Waals surface area contributed by atoms with E-state index in [9.17, 15) is 18.0 Å². The first-order valence-electron chi connectivity index (χ1n) is 9.82. The molecule has 10 heteroatoms. The SMILES string of the molecule is CCOC(=O)c1cc(NC(=O)CN(c2ccccc2)S(=O)(=O)c2ccc(Cl)cc2)ccc1Cl. The maximum atomic E-state index is 13.3. The number of hydrogen-bond acceptors (Lipinski definition) is 5. The fourth-order valence-corrected chi connectivity index (χ4v) is 4.68. The van der Waals surface area contributed by atoms with E-state index in [1.807, 2.05) is 0 Å². The van der Waals surface area contributed by atoms with Crippen molar-refractivity contribution >= 4 is 56.5 Å². The monoisotopic (exact) mass is 506 g/mol. The lowest BCUT2D eigenvalue weighted by atomic mass is 10.2. The van der Waals surface area contributed by atoms with Crippen LogP contribution in [-0.4, -0.2) is 33.4 Å². The second-order valence-corrected chi connectivity index (χ2v) is 9.47. The molecular weight excluding hydrogens is 487 g/mol. The van der Waals surface area contributed by atoms with Crippen molar-refractivity contribution in [3.05, 3.63) is 88.4 Å². The van der Waals surface area contributed by atoms with Gasteiger partial charge in [-0.1, -0.05) is 41.4 Å². The van der Waals surface area contributed by atoms with E-state index in [0.717, 1.165) is 4.31 Å². The summed E-state index contributed by atoms with van der Waals surface area (Å²) in [5.74, 6) is -1.25. The highest BCUT2D eigenvalue weighted by Gasteiger charge is 2.27. The van der Waals surface area contributed by atoms with Gasteiger partial charge in [-0.15, -0.1) is 0 Å². The van der Waals surface area contributed by atoms with Crippen LogP contribution < -0.4 is 9.62 Å². The highest BCUT2D eigenvalue weighted by Crippen LogP contribution is 2.25. The molecule has 172 valence electrons. The van der Waals surface area contributed by atoms with E-state index in [-0.39, 0.29) is 27.8 Å². The number of sulfonamides is 1. The molecule has 7 nitrogen and oxygen atoms in total. The molecule has 0 heterocycles. The lowest BCUT2D eigenvalue weighted by Gasteiger charge is -2.24. The van der Waals surface area contributed by atoms with Gasteiger partial charge in [0.25, 0.3) is 10.0 Å². The Morgan fingerprint density at radius 1 is 0.970 bits per heavy atom. The Morgan fingerprint density at radius 3 is 2.27 bits per heavy atom. The van der Waals surface area contributed by atoms with Crippen molar-refractivity contribution in [1.29, 1.82) is 0 Å². The Morgan fingerprint density at radius 2 is 1.64 bits per heavy atom. The maximum absolute atomic E-state index is 13.3. The number of carbonyl (C=O) groups excluding carboxylic acids is 2. The van der Waals surface area contributed by atoms with Crippen molar-refractivity contribution < 1.29 is 22.7 Å². The number of ether oxygens (including phenoxy) is 1. The van der Waals surface area contributed by atoms with Crippen LogP contribution in [0, 0.1) is 0 Å². The number of anilines is 2. The highest BCUT2D eigenvalue weighted by molar-refractivity contribution is 7.92. The fourth-order valence-electron chi connectivity index (χ4n) is 2.94. The van der Waals surface area contributed by atoms with Gasteiger partial charge in [0, 0.05) is 10.7 Å². The van der Waals surface area contributed by atoms with Gasteiger partial charge in [-0.05, 0) is 61.5 Å². The molecular formula is C23H20Cl2N2O5S. The molecule has 0 fully saturated rings. The minimum Gasteiger partial charge on any atom is -0.462 e. The molecule has 0 saturated carbocycles. The normalized spacial score (nSPS) is 11.0. The zero-order chi connectivity index (χ0) is 24.0. The summed E-state index contributed by atoms with van der Waals surface area (Å²) < 4.78 is 32.6. The number of hydrogen-bond donors (Lipinski definition) is 1. The van der Waals surface area contributed by atoms with Crippen LogP contribution in [0.1, 0.15) is 17.3 Å². The van der Waals surface area contributed by atoms with Crippen molar-refractivity contribution in [2.24, 2.45) is 0 Å². The molecule has 3 rings (SSSR count). The Labute approximate surface area is 201 Å². The van der Waals surface area contributed by atoms with Crippen LogP contribution in [0.3, 0.4) is 0 Å². The second kappa shape index (κ2) is 10.7. The molecule has 0 spiro atoms. The number of carbonyl (C=O) groups is 2. The number of rotatable bonds is 8. The zero-order valence-electron chi connectivity index (χ0n) is 17.5. The Balaban J connectivity index is 1.88. The van der Waals surface area contributed by atoms with E-state index < -0.39 is 28.4 Å². The van der Waals surface area contributed by atoms with E-state index in [2.05, 4.69) is 5.32 Å². The predicted molar refractivity (Wildman–Crippen MR) is 128 cm³/mol. The predicted octanol–water partition coefficient (Wildman–Crippen LogP) is 5.00. The van der Waals surface area contributed by atoms with E-state index in [1.54, 1.807) is 37.3 Å². The van der Waals surface area contributed by atoms with Gasteiger partial charge in [0.05, 0.1) is 27.8 Å². The van der Waals surface area contributed by atoms with Gasteiger partial charge in [0.1, 0.15) is 6.54 Å². The third-order valence-corrected chi connectivity index (χ3v) is 6.85. The summed E-state index contributed by atoms with van der Waals surface area (Å²) in [5.41, 5.74) is 0.667. The number of para-hydroxylation sites is 1. The van der Waals surface area contributed by atoms with Crippen molar-refractivity contribution in [3.8, 4) is 0 Å². The first kappa shape index (κ1) is 24.6. The smallest absolute Gasteiger partial charge is 0.339 e. The standard InChI is InChI=1S/C23H20Cl2N2O5S/c1-2-32-23(29)20-14-17(10-13-21(20)25)26-22(28)15-27(18-6-4-3-5-7-18)33(30,31)19-11-8-16(24)9-12-19/h3-14H,2,15H2,1H3,(H,26,28). The van der Waals surface area contributed by atoms with E-state index in [4.69, 9.17) is 27.9 Å². The summed E-state index contributed by atoms with van der Waals surface area (Å²) in [7, 11) is -4.08. The Kier molecular flexibility index (Phi) is 7.97. The molecule has 0 unspecified atom stereocenters. The highest BCUT2D eigenvalue weighted by atomic mass is 35.5. The van der Waals surface area contributed by atoms with E-state index in [0.29, 0.717) is 10.7 Å². The molecule has 0 aliphatic rings. The van der Waals surface area contributed by atoms with Crippen LogP contribution >= 0.6 is 23.2 Å². The number of halogens is 2. The summed E-state index contributed by atoms with van der Waals surface area (Å²) in [6.45, 7) is 1.32. The molecule has 0 aromatic heterocycles. The number of benzene rings is 3. The number of amides is 1. The van der Waals surface area contributed by atoms with Crippen molar-refractivity contribution in [2.45, 2.75) is 11.8 Å². The number of nitrogens with zero attached hydrogens (tertiary/aromatic N) is 1. The van der Waals surface area contributed by atoms with Gasteiger partial charge in [0.2, 0.25) is 5.91 Å². The molecule has 1 N–H and O–H groups in total. The van der Waals surface area contributed by atoms with Gasteiger partial charge in [-0.2, -0.15) is 0 Å². The molecule has 33 heavy (non-hydrogen) atoms. The average molecular weight is 507 g/mol. The summed E-state index contributed by atoms with van der Waals surface area (Å²) in [6.07, 6.45) is 0. The molecule has 0 aliphatic heterocycles. The molecule has 0 saturated heterocycles. The lowest BCUT2D eigenvalue weighted by Crippen LogP contribution is -2.38. The van der Waals surface area contributed by atoms with Gasteiger partial charge in [-0.3, -0.25) is 9.10 Å². The van der Waals surface area contributed by atoms with Gasteiger partial charge >= 0.3 is 5.97 Å². The summed E-state index contributed by atoms with van der Waals surface area (Å²) >= 11 is 11.9. The maximum Gasteiger partial charge on any atom is 0.339 e. The van der Waals surface area contributed by atoms with Crippen LogP contribution in [-0.2, 0) is 19.6 Å². The molecule has 1 amide bonds. The number of esters is 1. The zero-order valence-corrected chi connectivity index (χ0v) is 19.8. The van der Waals surface area contributed by atoms with Crippen molar-refractivity contribution in [3.63, 3.8) is 0 Å². The summed E-state index contributed by atoms with van der Waals surface area (Å²) in [6, 6.07) is 18.2. The van der Waals surface area contributed by atoms with Gasteiger partial charge in [0.15, 0.2) is 0 Å². The summed E-state index contributed by atoms with van der Waals surface area (Å²) in [4.78, 5) is 24.9. The van der Waals surface area contributed by atoms with E-state index >= 15 is 0 Å².